The van der Waals surface area contributed by atoms with E-state index in [1.807, 2.05) is 19.2 Å². The zero-order valence-electron chi connectivity index (χ0n) is 11.9. The molecule has 20 heavy (non-hydrogen) atoms. The van der Waals surface area contributed by atoms with Crippen molar-refractivity contribution in [2.45, 2.75) is 20.4 Å². The quantitative estimate of drug-likeness (QED) is 0.791. The highest BCUT2D eigenvalue weighted by Gasteiger charge is 2.10. The van der Waals surface area contributed by atoms with E-state index in [1.54, 1.807) is 0 Å². The van der Waals surface area contributed by atoms with Crippen LogP contribution in [0.25, 0.3) is 22.5 Å². The summed E-state index contributed by atoms with van der Waals surface area (Å²) < 4.78 is 5.62. The number of benzene rings is 1. The number of aryl methyl sites for hydroxylation is 1. The molecule has 0 aliphatic heterocycles. The topological polar surface area (TPSA) is 51.0 Å². The Labute approximate surface area is 117 Å². The van der Waals surface area contributed by atoms with Crippen LogP contribution in [0.5, 0.6) is 0 Å². The van der Waals surface area contributed by atoms with E-state index in [2.05, 4.69) is 47.3 Å². The van der Waals surface area contributed by atoms with Gasteiger partial charge in [0.15, 0.2) is 11.2 Å². The van der Waals surface area contributed by atoms with Gasteiger partial charge in [-0.15, -0.1) is 0 Å². The number of hydrogen-bond acceptors (Lipinski definition) is 4. The van der Waals surface area contributed by atoms with Gasteiger partial charge in [-0.25, -0.2) is 4.98 Å². The Balaban J connectivity index is 2.10. The predicted molar refractivity (Wildman–Crippen MR) is 79.5 cm³/mol. The molecule has 3 aromatic rings. The molecule has 0 atom stereocenters. The zero-order valence-corrected chi connectivity index (χ0v) is 11.9. The summed E-state index contributed by atoms with van der Waals surface area (Å²) in [6.45, 7) is 4.83. The summed E-state index contributed by atoms with van der Waals surface area (Å²) in [5.74, 6) is 0.660. The lowest BCUT2D eigenvalue weighted by atomic mass is 10.0. The van der Waals surface area contributed by atoms with Crippen molar-refractivity contribution < 1.29 is 4.42 Å². The fraction of sp³-hybridized carbons (Fsp3) is 0.250. The molecule has 4 nitrogen and oxygen atoms in total. The largest absolute Gasteiger partial charge is 0.438 e. The Morgan fingerprint density at radius 1 is 1.10 bits per heavy atom. The third-order valence-electron chi connectivity index (χ3n) is 3.51. The molecule has 0 aliphatic carbocycles. The lowest BCUT2D eigenvalue weighted by Crippen LogP contribution is -2.04. The van der Waals surface area contributed by atoms with Crippen molar-refractivity contribution >= 4 is 11.2 Å². The summed E-state index contributed by atoms with van der Waals surface area (Å²) in [5.41, 5.74) is 5.98. The van der Waals surface area contributed by atoms with Gasteiger partial charge in [-0.2, -0.15) is 4.98 Å². The van der Waals surface area contributed by atoms with Gasteiger partial charge < -0.3 is 9.73 Å². The minimum absolute atomic E-state index is 0.606. The van der Waals surface area contributed by atoms with Gasteiger partial charge in [0, 0.05) is 5.56 Å². The Morgan fingerprint density at radius 2 is 1.95 bits per heavy atom. The molecule has 0 saturated carbocycles. The zero-order chi connectivity index (χ0) is 14.1. The summed E-state index contributed by atoms with van der Waals surface area (Å²) in [4.78, 5) is 9.02. The molecule has 102 valence electrons. The molecule has 2 heterocycles. The van der Waals surface area contributed by atoms with E-state index < -0.39 is 0 Å². The Morgan fingerprint density at radius 3 is 2.75 bits per heavy atom. The van der Waals surface area contributed by atoms with Crippen LogP contribution in [0, 0.1) is 13.8 Å². The van der Waals surface area contributed by atoms with Crippen LogP contribution in [0.2, 0.25) is 0 Å². The molecule has 0 saturated heterocycles. The van der Waals surface area contributed by atoms with Crippen molar-refractivity contribution in [3.05, 3.63) is 47.3 Å². The first kappa shape index (κ1) is 12.8. The van der Waals surface area contributed by atoms with Crippen LogP contribution in [-0.4, -0.2) is 17.0 Å². The Bertz CT molecular complexity index is 762. The second kappa shape index (κ2) is 5.06. The van der Waals surface area contributed by atoms with E-state index in [0.29, 0.717) is 18.1 Å². The van der Waals surface area contributed by atoms with Gasteiger partial charge in [-0.05, 0) is 44.2 Å². The van der Waals surface area contributed by atoms with Gasteiger partial charge in [0.1, 0.15) is 0 Å². The third kappa shape index (κ3) is 2.18. The second-order valence-electron chi connectivity index (χ2n) is 4.90. The smallest absolute Gasteiger partial charge is 0.211 e. The van der Waals surface area contributed by atoms with E-state index in [1.165, 1.54) is 11.1 Å². The number of aromatic nitrogens is 2. The fourth-order valence-electron chi connectivity index (χ4n) is 2.27. The van der Waals surface area contributed by atoms with Crippen LogP contribution < -0.4 is 5.32 Å². The molecular formula is C16H17N3O. The molecule has 0 aliphatic rings. The Hall–Kier alpha value is -2.20. The number of nitrogens with zero attached hydrogens (tertiary/aromatic N) is 2. The van der Waals surface area contributed by atoms with Gasteiger partial charge in [0.25, 0.3) is 0 Å². The van der Waals surface area contributed by atoms with Crippen molar-refractivity contribution in [3.63, 3.8) is 0 Å². The number of hydrogen-bond donors (Lipinski definition) is 1. The third-order valence-corrected chi connectivity index (χ3v) is 3.51. The van der Waals surface area contributed by atoms with Gasteiger partial charge in [-0.3, -0.25) is 0 Å². The molecule has 1 N–H and O–H groups in total. The van der Waals surface area contributed by atoms with Gasteiger partial charge >= 0.3 is 0 Å². The van der Waals surface area contributed by atoms with E-state index in [4.69, 9.17) is 4.42 Å². The SMILES string of the molecule is CNCc1nc2nc(-c3cccc(C)c3C)ccc2o1. The average molecular weight is 267 g/mol. The first-order chi connectivity index (χ1) is 9.69. The van der Waals surface area contributed by atoms with Crippen molar-refractivity contribution in [2.75, 3.05) is 7.05 Å². The summed E-state index contributed by atoms with van der Waals surface area (Å²) in [5, 5.41) is 3.02. The molecule has 0 spiro atoms. The molecule has 4 heteroatoms. The highest BCUT2D eigenvalue weighted by Crippen LogP contribution is 2.25. The predicted octanol–water partition coefficient (Wildman–Crippen LogP) is 3.23. The maximum absolute atomic E-state index is 5.62. The van der Waals surface area contributed by atoms with Crippen molar-refractivity contribution in [3.8, 4) is 11.3 Å². The van der Waals surface area contributed by atoms with E-state index in [0.717, 1.165) is 16.8 Å². The maximum Gasteiger partial charge on any atom is 0.211 e. The minimum atomic E-state index is 0.606. The molecule has 0 amide bonds. The molecule has 0 radical (unpaired) electrons. The van der Waals surface area contributed by atoms with E-state index in [9.17, 15) is 0 Å². The normalized spacial score (nSPS) is 11.2. The van der Waals surface area contributed by atoms with Gasteiger partial charge in [-0.1, -0.05) is 18.2 Å². The van der Waals surface area contributed by atoms with Gasteiger partial charge in [0.2, 0.25) is 5.89 Å². The molecular weight excluding hydrogens is 250 g/mol. The number of pyridine rings is 1. The number of oxazole rings is 1. The highest BCUT2D eigenvalue weighted by molar-refractivity contribution is 5.74. The van der Waals surface area contributed by atoms with E-state index in [-0.39, 0.29) is 0 Å². The molecule has 2 aromatic heterocycles. The molecule has 0 unspecified atom stereocenters. The van der Waals surface area contributed by atoms with Crippen molar-refractivity contribution in [1.29, 1.82) is 0 Å². The number of nitrogens with one attached hydrogen (secondary N) is 1. The maximum atomic E-state index is 5.62. The second-order valence-corrected chi connectivity index (χ2v) is 4.90. The van der Waals surface area contributed by atoms with Crippen LogP contribution in [0.15, 0.2) is 34.7 Å². The first-order valence-electron chi connectivity index (χ1n) is 6.66. The van der Waals surface area contributed by atoms with E-state index >= 15 is 0 Å². The summed E-state index contributed by atoms with van der Waals surface area (Å²) in [6.07, 6.45) is 0. The van der Waals surface area contributed by atoms with Crippen LogP contribution in [0.1, 0.15) is 17.0 Å². The highest BCUT2D eigenvalue weighted by atomic mass is 16.3. The summed E-state index contributed by atoms with van der Waals surface area (Å²) in [6, 6.07) is 10.2. The van der Waals surface area contributed by atoms with Gasteiger partial charge in [0.05, 0.1) is 12.2 Å². The van der Waals surface area contributed by atoms with Crippen LogP contribution in [0.4, 0.5) is 0 Å². The monoisotopic (exact) mass is 267 g/mol. The molecule has 0 bridgehead atoms. The summed E-state index contributed by atoms with van der Waals surface area (Å²) >= 11 is 0. The number of fused-ring (bicyclic) bond motifs is 1. The minimum Gasteiger partial charge on any atom is -0.438 e. The standard InChI is InChI=1S/C16H17N3O/c1-10-5-4-6-12(11(10)2)13-7-8-14-16(18-13)19-15(20-14)9-17-3/h4-8,17H,9H2,1-3H3. The molecule has 1 aromatic carbocycles. The number of rotatable bonds is 3. The summed E-state index contributed by atoms with van der Waals surface area (Å²) in [7, 11) is 1.86. The lowest BCUT2D eigenvalue weighted by molar-refractivity contribution is 0.511. The fourth-order valence-corrected chi connectivity index (χ4v) is 2.27. The van der Waals surface area contributed by atoms with Crippen LogP contribution in [-0.2, 0) is 6.54 Å². The van der Waals surface area contributed by atoms with Crippen molar-refractivity contribution in [1.82, 2.24) is 15.3 Å². The lowest BCUT2D eigenvalue weighted by Gasteiger charge is -2.07. The van der Waals surface area contributed by atoms with Crippen LogP contribution >= 0.6 is 0 Å². The molecule has 3 rings (SSSR count). The average Bonchev–Trinajstić information content (AvgIpc) is 2.83. The molecule has 0 fully saturated rings. The van der Waals surface area contributed by atoms with Crippen molar-refractivity contribution in [2.24, 2.45) is 0 Å². The Kier molecular flexibility index (Phi) is 3.24. The first-order valence-corrected chi connectivity index (χ1v) is 6.66. The van der Waals surface area contributed by atoms with Crippen LogP contribution in [0.3, 0.4) is 0 Å².